The van der Waals surface area contributed by atoms with Crippen LogP contribution < -0.4 is 20.4 Å². The number of benzene rings is 2. The maximum atomic E-state index is 11.7. The number of anilines is 2. The standard InChI is InChI=1S/C24H34N2O8P2/c27-19-25(21-13-7-9-15-23(21)35(29,30)31)17-11-5-3-1-2-4-6-12-18-26(20-28)22-14-8-10-16-24(22)36(32,33)34/h7-10,13-16,19-20H,1-6,11-12,17-18H2,(H2,29,30,31)(H2,32,33,34). The molecule has 198 valence electrons. The van der Waals surface area contributed by atoms with Crippen molar-refractivity contribution in [2.75, 3.05) is 22.9 Å². The van der Waals surface area contributed by atoms with E-state index in [1.54, 1.807) is 12.1 Å². The fraction of sp³-hybridized carbons (Fsp3) is 0.417. The zero-order valence-corrected chi connectivity index (χ0v) is 21.8. The average molecular weight is 540 g/mol. The highest BCUT2D eigenvalue weighted by Gasteiger charge is 2.24. The monoisotopic (exact) mass is 540 g/mol. The lowest BCUT2D eigenvalue weighted by molar-refractivity contribution is -0.108. The second-order valence-electron chi connectivity index (χ2n) is 8.49. The molecule has 0 spiro atoms. The van der Waals surface area contributed by atoms with Crippen LogP contribution in [0.25, 0.3) is 0 Å². The lowest BCUT2D eigenvalue weighted by Gasteiger charge is -2.21. The molecular formula is C24H34N2O8P2. The Hall–Kier alpha value is -2.32. The summed E-state index contributed by atoms with van der Waals surface area (Å²) in [4.78, 5) is 63.7. The summed E-state index contributed by atoms with van der Waals surface area (Å²) in [6.07, 6.45) is 8.28. The number of amides is 2. The number of rotatable bonds is 17. The summed E-state index contributed by atoms with van der Waals surface area (Å²) in [6, 6.07) is 12.0. The van der Waals surface area contributed by atoms with Crippen molar-refractivity contribution in [3.8, 4) is 0 Å². The van der Waals surface area contributed by atoms with Crippen molar-refractivity contribution < 1.29 is 38.3 Å². The van der Waals surface area contributed by atoms with E-state index in [4.69, 9.17) is 0 Å². The SMILES string of the molecule is O=CN(CCCCCCCCCCN(C=O)c1ccccc1P(=O)(O)O)c1ccccc1P(=O)(O)O. The van der Waals surface area contributed by atoms with E-state index in [0.29, 0.717) is 38.8 Å². The van der Waals surface area contributed by atoms with Crippen molar-refractivity contribution in [3.05, 3.63) is 48.5 Å². The molecule has 0 fully saturated rings. The molecule has 10 nitrogen and oxygen atoms in total. The van der Waals surface area contributed by atoms with Crippen LogP contribution in [0, 0.1) is 0 Å². The normalized spacial score (nSPS) is 11.8. The zero-order valence-electron chi connectivity index (χ0n) is 20.1. The Morgan fingerprint density at radius 2 is 0.861 bits per heavy atom. The van der Waals surface area contributed by atoms with Crippen LogP contribution in [-0.4, -0.2) is 45.5 Å². The van der Waals surface area contributed by atoms with E-state index in [1.807, 2.05) is 0 Å². The second kappa shape index (κ2) is 14.4. The molecule has 2 aromatic rings. The van der Waals surface area contributed by atoms with Gasteiger partial charge in [-0.1, -0.05) is 62.8 Å². The van der Waals surface area contributed by atoms with Gasteiger partial charge in [-0.2, -0.15) is 0 Å². The Balaban J connectivity index is 1.66. The van der Waals surface area contributed by atoms with Gasteiger partial charge in [-0.25, -0.2) is 0 Å². The Bertz CT molecular complexity index is 1000. The molecule has 0 aliphatic carbocycles. The minimum Gasteiger partial charge on any atom is -0.321 e. The number of nitrogens with zero attached hydrogens (tertiary/aromatic N) is 2. The minimum absolute atomic E-state index is 0.157. The van der Waals surface area contributed by atoms with Gasteiger partial charge in [0.2, 0.25) is 12.8 Å². The lowest BCUT2D eigenvalue weighted by atomic mass is 10.1. The van der Waals surface area contributed by atoms with Crippen LogP contribution in [0.5, 0.6) is 0 Å². The number of hydrogen-bond acceptors (Lipinski definition) is 4. The van der Waals surface area contributed by atoms with E-state index >= 15 is 0 Å². The summed E-state index contributed by atoms with van der Waals surface area (Å²) in [5.41, 5.74) is 0.460. The van der Waals surface area contributed by atoms with E-state index in [0.717, 1.165) is 38.5 Å². The minimum atomic E-state index is -4.48. The Kier molecular flexibility index (Phi) is 12.0. The molecule has 0 saturated heterocycles. The summed E-state index contributed by atoms with van der Waals surface area (Å²) in [5.74, 6) is 0. The molecule has 0 aromatic heterocycles. The van der Waals surface area contributed by atoms with E-state index in [1.165, 1.54) is 46.2 Å². The maximum Gasteiger partial charge on any atom is 0.358 e. The van der Waals surface area contributed by atoms with Gasteiger partial charge in [0.05, 0.1) is 22.0 Å². The lowest BCUT2D eigenvalue weighted by Crippen LogP contribution is -2.27. The van der Waals surface area contributed by atoms with Gasteiger partial charge in [-0.15, -0.1) is 0 Å². The molecule has 0 radical (unpaired) electrons. The van der Waals surface area contributed by atoms with Gasteiger partial charge in [0, 0.05) is 13.1 Å². The second-order valence-corrected chi connectivity index (χ2v) is 11.6. The molecule has 0 bridgehead atoms. The highest BCUT2D eigenvalue weighted by atomic mass is 31.2. The topological polar surface area (TPSA) is 156 Å². The number of carbonyl (C=O) groups excluding carboxylic acids is 2. The Morgan fingerprint density at radius 1 is 0.556 bits per heavy atom. The summed E-state index contributed by atoms with van der Waals surface area (Å²) in [7, 11) is -8.96. The molecule has 0 unspecified atom stereocenters. The highest BCUT2D eigenvalue weighted by molar-refractivity contribution is 7.61. The molecule has 0 aliphatic heterocycles. The molecule has 0 aliphatic rings. The van der Waals surface area contributed by atoms with E-state index in [2.05, 4.69) is 0 Å². The fourth-order valence-electron chi connectivity index (χ4n) is 3.99. The quantitative estimate of drug-likeness (QED) is 0.136. The third kappa shape index (κ3) is 9.28. The fourth-order valence-corrected chi connectivity index (χ4v) is 5.55. The van der Waals surface area contributed by atoms with Crippen LogP contribution in [0.2, 0.25) is 0 Å². The van der Waals surface area contributed by atoms with E-state index in [9.17, 15) is 38.3 Å². The molecule has 4 N–H and O–H groups in total. The number of hydrogen-bond donors (Lipinski definition) is 4. The van der Waals surface area contributed by atoms with Gasteiger partial charge in [-0.3, -0.25) is 18.7 Å². The van der Waals surface area contributed by atoms with Crippen LogP contribution in [0.4, 0.5) is 11.4 Å². The Morgan fingerprint density at radius 3 is 1.17 bits per heavy atom. The first-order valence-electron chi connectivity index (χ1n) is 11.8. The van der Waals surface area contributed by atoms with Gasteiger partial charge >= 0.3 is 15.2 Å². The van der Waals surface area contributed by atoms with E-state index in [-0.39, 0.29) is 22.0 Å². The number of carbonyl (C=O) groups is 2. The van der Waals surface area contributed by atoms with Crippen LogP contribution in [0.1, 0.15) is 51.4 Å². The summed E-state index contributed by atoms with van der Waals surface area (Å²) < 4.78 is 23.4. The van der Waals surface area contributed by atoms with Crippen molar-refractivity contribution in [1.29, 1.82) is 0 Å². The van der Waals surface area contributed by atoms with Crippen molar-refractivity contribution in [1.82, 2.24) is 0 Å². The van der Waals surface area contributed by atoms with Gasteiger partial charge < -0.3 is 29.4 Å². The summed E-state index contributed by atoms with van der Waals surface area (Å²) in [6.45, 7) is 0.746. The first-order valence-corrected chi connectivity index (χ1v) is 15.1. The van der Waals surface area contributed by atoms with Crippen LogP contribution in [0.3, 0.4) is 0 Å². The molecule has 0 atom stereocenters. The molecule has 0 saturated carbocycles. The molecule has 12 heteroatoms. The smallest absolute Gasteiger partial charge is 0.321 e. The highest BCUT2D eigenvalue weighted by Crippen LogP contribution is 2.38. The first-order chi connectivity index (χ1) is 17.1. The van der Waals surface area contributed by atoms with Gasteiger partial charge in [0.25, 0.3) is 0 Å². The summed E-state index contributed by atoms with van der Waals surface area (Å²) in [5, 5.41) is -0.314. The first kappa shape index (κ1) is 29.9. The van der Waals surface area contributed by atoms with E-state index < -0.39 is 15.2 Å². The van der Waals surface area contributed by atoms with Gasteiger partial charge in [0.15, 0.2) is 0 Å². The predicted octanol–water partition coefficient (Wildman–Crippen LogP) is 3.04. The summed E-state index contributed by atoms with van der Waals surface area (Å²) >= 11 is 0. The molecule has 36 heavy (non-hydrogen) atoms. The number of unbranched alkanes of at least 4 members (excludes halogenated alkanes) is 7. The molecular weight excluding hydrogens is 506 g/mol. The van der Waals surface area contributed by atoms with Crippen LogP contribution in [0.15, 0.2) is 48.5 Å². The van der Waals surface area contributed by atoms with Crippen molar-refractivity contribution >= 4 is 50.0 Å². The molecule has 2 amide bonds. The molecule has 2 aromatic carbocycles. The van der Waals surface area contributed by atoms with Crippen LogP contribution >= 0.6 is 15.2 Å². The van der Waals surface area contributed by atoms with Crippen molar-refractivity contribution in [3.63, 3.8) is 0 Å². The largest absolute Gasteiger partial charge is 0.358 e. The maximum absolute atomic E-state index is 11.7. The predicted molar refractivity (Wildman–Crippen MR) is 140 cm³/mol. The molecule has 0 heterocycles. The Labute approximate surface area is 211 Å². The third-order valence-corrected chi connectivity index (χ3v) is 7.82. The number of para-hydroxylation sites is 2. The van der Waals surface area contributed by atoms with Gasteiger partial charge in [0.1, 0.15) is 0 Å². The zero-order chi connectivity index (χ0) is 26.6. The average Bonchev–Trinajstić information content (AvgIpc) is 2.84. The van der Waals surface area contributed by atoms with Crippen molar-refractivity contribution in [2.24, 2.45) is 0 Å². The molecule has 2 rings (SSSR count). The van der Waals surface area contributed by atoms with Crippen LogP contribution in [-0.2, 0) is 18.7 Å². The van der Waals surface area contributed by atoms with Crippen molar-refractivity contribution in [2.45, 2.75) is 51.4 Å². The third-order valence-electron chi connectivity index (χ3n) is 5.81. The van der Waals surface area contributed by atoms with Gasteiger partial charge in [-0.05, 0) is 37.1 Å².